The molecular formula is C26H23FN4O2. The molecule has 0 spiro atoms. The molecule has 0 fully saturated rings. The lowest BCUT2D eigenvalue weighted by Crippen LogP contribution is -2.14. The molecule has 6 nitrogen and oxygen atoms in total. The number of halogens is 1. The minimum absolute atomic E-state index is 0.209. The number of amides is 2. The highest BCUT2D eigenvalue weighted by molar-refractivity contribution is 6.04. The van der Waals surface area contributed by atoms with Crippen LogP contribution in [0.5, 0.6) is 0 Å². The highest BCUT2D eigenvalue weighted by atomic mass is 19.1. The van der Waals surface area contributed by atoms with E-state index in [1.807, 2.05) is 37.3 Å². The van der Waals surface area contributed by atoms with Gasteiger partial charge >= 0.3 is 0 Å². The van der Waals surface area contributed by atoms with Crippen LogP contribution in [-0.4, -0.2) is 21.6 Å². The monoisotopic (exact) mass is 442 g/mol. The molecule has 0 radical (unpaired) electrons. The van der Waals surface area contributed by atoms with Crippen molar-refractivity contribution in [1.82, 2.24) is 9.78 Å². The van der Waals surface area contributed by atoms with Crippen molar-refractivity contribution in [3.05, 3.63) is 95.4 Å². The molecule has 0 aliphatic heterocycles. The van der Waals surface area contributed by atoms with Gasteiger partial charge in [0.1, 0.15) is 11.6 Å². The van der Waals surface area contributed by atoms with Crippen molar-refractivity contribution in [3.8, 4) is 16.8 Å². The zero-order valence-electron chi connectivity index (χ0n) is 18.5. The first-order valence-electron chi connectivity index (χ1n) is 10.4. The summed E-state index contributed by atoms with van der Waals surface area (Å²) < 4.78 is 15.0. The van der Waals surface area contributed by atoms with Crippen LogP contribution in [0.2, 0.25) is 0 Å². The minimum Gasteiger partial charge on any atom is -0.322 e. The van der Waals surface area contributed by atoms with Crippen molar-refractivity contribution in [1.29, 1.82) is 0 Å². The Morgan fingerprint density at radius 3 is 2.24 bits per heavy atom. The first kappa shape index (κ1) is 22.0. The van der Waals surface area contributed by atoms with Gasteiger partial charge in [0.2, 0.25) is 5.91 Å². The Bertz CT molecular complexity index is 1330. The second-order valence-corrected chi connectivity index (χ2v) is 7.73. The summed E-state index contributed by atoms with van der Waals surface area (Å²) in [5, 5.41) is 10.3. The number of hydrogen-bond acceptors (Lipinski definition) is 3. The van der Waals surface area contributed by atoms with Gasteiger partial charge in [0.15, 0.2) is 0 Å². The van der Waals surface area contributed by atoms with Gasteiger partial charge in [-0.2, -0.15) is 5.10 Å². The maximum absolute atomic E-state index is 13.3. The molecule has 33 heavy (non-hydrogen) atoms. The average Bonchev–Trinajstić information content (AvgIpc) is 3.11. The van der Waals surface area contributed by atoms with Gasteiger partial charge in [0.05, 0.1) is 11.4 Å². The van der Waals surface area contributed by atoms with E-state index < -0.39 is 0 Å². The van der Waals surface area contributed by atoms with Crippen LogP contribution in [0.1, 0.15) is 28.5 Å². The SMILES string of the molecule is CC(=O)Nc1c(-c2ccccc2)c(C)nn1-c1ccc(C(=O)Nc2ccc(F)cc2C)cc1. The van der Waals surface area contributed by atoms with Gasteiger partial charge in [-0.05, 0) is 67.4 Å². The molecule has 7 heteroatoms. The number of nitrogens with zero attached hydrogens (tertiary/aromatic N) is 2. The van der Waals surface area contributed by atoms with Crippen LogP contribution >= 0.6 is 0 Å². The molecule has 0 aliphatic rings. The highest BCUT2D eigenvalue weighted by Gasteiger charge is 2.19. The van der Waals surface area contributed by atoms with Gasteiger partial charge in [0, 0.05) is 23.7 Å². The number of carbonyl (C=O) groups excluding carboxylic acids is 2. The summed E-state index contributed by atoms with van der Waals surface area (Å²) in [5.41, 5.74) is 4.86. The first-order valence-corrected chi connectivity index (χ1v) is 10.4. The van der Waals surface area contributed by atoms with Gasteiger partial charge in [0.25, 0.3) is 5.91 Å². The number of anilines is 2. The van der Waals surface area contributed by atoms with Gasteiger partial charge in [-0.15, -0.1) is 0 Å². The van der Waals surface area contributed by atoms with E-state index in [-0.39, 0.29) is 17.6 Å². The van der Waals surface area contributed by atoms with Crippen molar-refractivity contribution in [2.45, 2.75) is 20.8 Å². The third-order valence-electron chi connectivity index (χ3n) is 5.23. The molecule has 2 amide bonds. The lowest BCUT2D eigenvalue weighted by Gasteiger charge is -2.12. The molecule has 4 aromatic rings. The first-order chi connectivity index (χ1) is 15.8. The van der Waals surface area contributed by atoms with E-state index in [0.29, 0.717) is 28.3 Å². The van der Waals surface area contributed by atoms with Crippen molar-refractivity contribution < 1.29 is 14.0 Å². The van der Waals surface area contributed by atoms with E-state index in [2.05, 4.69) is 15.7 Å². The van der Waals surface area contributed by atoms with Gasteiger partial charge < -0.3 is 10.6 Å². The van der Waals surface area contributed by atoms with Crippen LogP contribution in [0.4, 0.5) is 15.9 Å². The van der Waals surface area contributed by atoms with Crippen LogP contribution in [0.3, 0.4) is 0 Å². The molecule has 166 valence electrons. The number of rotatable bonds is 5. The predicted octanol–water partition coefficient (Wildman–Crippen LogP) is 5.51. The van der Waals surface area contributed by atoms with E-state index in [1.165, 1.54) is 25.1 Å². The summed E-state index contributed by atoms with van der Waals surface area (Å²) in [4.78, 5) is 24.6. The Hall–Kier alpha value is -4.26. The lowest BCUT2D eigenvalue weighted by atomic mass is 10.1. The summed E-state index contributed by atoms with van der Waals surface area (Å²) >= 11 is 0. The summed E-state index contributed by atoms with van der Waals surface area (Å²) in [5.74, 6) is -0.307. The fourth-order valence-corrected chi connectivity index (χ4v) is 3.66. The van der Waals surface area contributed by atoms with Crippen molar-refractivity contribution >= 4 is 23.3 Å². The van der Waals surface area contributed by atoms with Crippen LogP contribution in [0, 0.1) is 19.7 Å². The molecule has 3 aromatic carbocycles. The summed E-state index contributed by atoms with van der Waals surface area (Å²) in [6.07, 6.45) is 0. The maximum atomic E-state index is 13.3. The number of carbonyl (C=O) groups is 2. The molecule has 4 rings (SSSR count). The van der Waals surface area contributed by atoms with Crippen molar-refractivity contribution in [2.75, 3.05) is 10.6 Å². The molecule has 0 unspecified atom stereocenters. The Balaban J connectivity index is 1.66. The van der Waals surface area contributed by atoms with E-state index in [1.54, 1.807) is 35.9 Å². The van der Waals surface area contributed by atoms with Gasteiger partial charge in [-0.3, -0.25) is 9.59 Å². The zero-order chi connectivity index (χ0) is 23.5. The Morgan fingerprint density at radius 1 is 0.909 bits per heavy atom. The topological polar surface area (TPSA) is 76.0 Å². The third-order valence-corrected chi connectivity index (χ3v) is 5.23. The molecule has 0 aliphatic carbocycles. The number of aromatic nitrogens is 2. The molecule has 0 atom stereocenters. The average molecular weight is 442 g/mol. The molecular weight excluding hydrogens is 419 g/mol. The van der Waals surface area contributed by atoms with Crippen molar-refractivity contribution in [3.63, 3.8) is 0 Å². The molecule has 1 aromatic heterocycles. The molecule has 0 bridgehead atoms. The van der Waals surface area contributed by atoms with Crippen LogP contribution < -0.4 is 10.6 Å². The zero-order valence-corrected chi connectivity index (χ0v) is 18.5. The van der Waals surface area contributed by atoms with Gasteiger partial charge in [-0.1, -0.05) is 30.3 Å². The van der Waals surface area contributed by atoms with Crippen LogP contribution in [0.15, 0.2) is 72.8 Å². The Morgan fingerprint density at radius 2 is 1.61 bits per heavy atom. The summed E-state index contributed by atoms with van der Waals surface area (Å²) in [6, 6.07) is 20.8. The molecule has 0 saturated carbocycles. The lowest BCUT2D eigenvalue weighted by molar-refractivity contribution is -0.114. The predicted molar refractivity (Wildman–Crippen MR) is 127 cm³/mol. The maximum Gasteiger partial charge on any atom is 0.255 e. The van der Waals surface area contributed by atoms with Gasteiger partial charge in [-0.25, -0.2) is 9.07 Å². The number of aryl methyl sites for hydroxylation is 2. The Labute approximate surface area is 191 Å². The molecule has 0 saturated heterocycles. The quantitative estimate of drug-likeness (QED) is 0.428. The summed E-state index contributed by atoms with van der Waals surface area (Å²) in [6.45, 7) is 5.07. The van der Waals surface area contributed by atoms with Crippen molar-refractivity contribution in [2.24, 2.45) is 0 Å². The smallest absolute Gasteiger partial charge is 0.255 e. The standard InChI is InChI=1S/C26H23FN4O2/c1-16-15-21(27)11-14-23(16)29-26(33)20-9-12-22(13-10-20)31-25(28-18(3)32)24(17(2)30-31)19-7-5-4-6-8-19/h4-15H,1-3H3,(H,28,32)(H,29,33). The normalized spacial score (nSPS) is 10.7. The number of benzene rings is 3. The van der Waals surface area contributed by atoms with Crippen LogP contribution in [0.25, 0.3) is 16.8 Å². The largest absolute Gasteiger partial charge is 0.322 e. The third kappa shape index (κ3) is 4.67. The van der Waals surface area contributed by atoms with Crippen LogP contribution in [-0.2, 0) is 4.79 Å². The van der Waals surface area contributed by atoms with E-state index in [9.17, 15) is 14.0 Å². The Kier molecular flexibility index (Phi) is 6.04. The minimum atomic E-state index is -0.353. The van der Waals surface area contributed by atoms with E-state index in [4.69, 9.17) is 0 Å². The fourth-order valence-electron chi connectivity index (χ4n) is 3.66. The second kappa shape index (κ2) is 9.08. The van der Waals surface area contributed by atoms with E-state index >= 15 is 0 Å². The number of nitrogens with one attached hydrogen (secondary N) is 2. The summed E-state index contributed by atoms with van der Waals surface area (Å²) in [7, 11) is 0. The molecule has 1 heterocycles. The highest BCUT2D eigenvalue weighted by Crippen LogP contribution is 2.33. The number of hydrogen-bond donors (Lipinski definition) is 2. The van der Waals surface area contributed by atoms with E-state index in [0.717, 1.165) is 16.8 Å². The second-order valence-electron chi connectivity index (χ2n) is 7.73. The fraction of sp³-hybridized carbons (Fsp3) is 0.115. The molecule has 2 N–H and O–H groups in total.